The minimum absolute atomic E-state index is 0.0796. The van der Waals surface area contributed by atoms with E-state index in [1.165, 1.54) is 5.56 Å². The molecule has 2 rings (SSSR count). The van der Waals surface area contributed by atoms with Gasteiger partial charge in [-0.1, -0.05) is 50.2 Å². The van der Waals surface area contributed by atoms with Crippen molar-refractivity contribution in [3.05, 3.63) is 41.1 Å². The van der Waals surface area contributed by atoms with E-state index in [1.54, 1.807) is 14.0 Å². The molecule has 0 unspecified atom stereocenters. The third-order valence-corrected chi connectivity index (χ3v) is 3.69. The van der Waals surface area contributed by atoms with Crippen molar-refractivity contribution in [1.29, 1.82) is 0 Å². The van der Waals surface area contributed by atoms with E-state index in [1.807, 2.05) is 12.1 Å². The van der Waals surface area contributed by atoms with Crippen LogP contribution in [0.15, 0.2) is 28.8 Å². The first-order chi connectivity index (χ1) is 10.8. The zero-order valence-corrected chi connectivity index (χ0v) is 14.4. The largest absolute Gasteiger partial charge is 0.383 e. The molecule has 0 radical (unpaired) electrons. The summed E-state index contributed by atoms with van der Waals surface area (Å²) in [5, 5.41) is 6.76. The molecule has 1 amide bonds. The topological polar surface area (TPSA) is 64.4 Å². The lowest BCUT2D eigenvalue weighted by molar-refractivity contribution is 0.0937. The average Bonchev–Trinajstić information content (AvgIpc) is 2.88. The monoisotopic (exact) mass is 316 g/mol. The van der Waals surface area contributed by atoms with Gasteiger partial charge in [-0.15, -0.1) is 0 Å². The Bertz CT molecular complexity index is 667. The third kappa shape index (κ3) is 3.99. The number of carbonyl (C=O) groups is 1. The molecular formula is C18H24N2O3. The van der Waals surface area contributed by atoms with Crippen LogP contribution in [0.25, 0.3) is 11.3 Å². The molecule has 0 aliphatic heterocycles. The summed E-state index contributed by atoms with van der Waals surface area (Å²) in [5.41, 5.74) is 3.20. The molecule has 0 saturated carbocycles. The van der Waals surface area contributed by atoms with E-state index in [2.05, 4.69) is 43.4 Å². The number of methoxy groups -OCH3 is 1. The van der Waals surface area contributed by atoms with Crippen molar-refractivity contribution in [3.8, 4) is 11.3 Å². The molecule has 0 aliphatic carbocycles. The lowest BCUT2D eigenvalue weighted by Gasteiger charge is -2.18. The lowest BCUT2D eigenvalue weighted by atomic mass is 9.86. The SMILES string of the molecule is COCCNC(=O)c1c(C)noc1-c1ccc(C(C)(C)C)cc1. The molecule has 5 nitrogen and oxygen atoms in total. The second kappa shape index (κ2) is 6.96. The minimum atomic E-state index is -0.198. The first kappa shape index (κ1) is 17.2. The maximum absolute atomic E-state index is 12.4. The van der Waals surface area contributed by atoms with Crippen molar-refractivity contribution in [2.24, 2.45) is 0 Å². The van der Waals surface area contributed by atoms with Gasteiger partial charge >= 0.3 is 0 Å². The van der Waals surface area contributed by atoms with Gasteiger partial charge in [-0.05, 0) is 17.9 Å². The molecule has 1 N–H and O–H groups in total. The second-order valence-electron chi connectivity index (χ2n) is 6.55. The van der Waals surface area contributed by atoms with Gasteiger partial charge in [-0.2, -0.15) is 0 Å². The zero-order chi connectivity index (χ0) is 17.0. The Hall–Kier alpha value is -2.14. The Morgan fingerprint density at radius 1 is 1.26 bits per heavy atom. The van der Waals surface area contributed by atoms with Crippen molar-refractivity contribution < 1.29 is 14.1 Å². The van der Waals surface area contributed by atoms with E-state index in [-0.39, 0.29) is 11.3 Å². The number of hydrogen-bond donors (Lipinski definition) is 1. The summed E-state index contributed by atoms with van der Waals surface area (Å²) in [5.74, 6) is 0.300. The molecule has 0 spiro atoms. The van der Waals surface area contributed by atoms with Crippen molar-refractivity contribution in [1.82, 2.24) is 10.5 Å². The molecule has 124 valence electrons. The fourth-order valence-corrected chi connectivity index (χ4v) is 2.31. The molecule has 2 aromatic rings. The van der Waals surface area contributed by atoms with Crippen LogP contribution < -0.4 is 5.32 Å². The highest BCUT2D eigenvalue weighted by atomic mass is 16.5. The number of benzene rings is 1. The van der Waals surface area contributed by atoms with Gasteiger partial charge in [0, 0.05) is 19.2 Å². The van der Waals surface area contributed by atoms with Crippen molar-refractivity contribution in [2.75, 3.05) is 20.3 Å². The van der Waals surface area contributed by atoms with Crippen LogP contribution in [0, 0.1) is 6.92 Å². The van der Waals surface area contributed by atoms with Crippen molar-refractivity contribution >= 4 is 5.91 Å². The van der Waals surface area contributed by atoms with E-state index in [0.29, 0.717) is 30.2 Å². The maximum atomic E-state index is 12.4. The summed E-state index contributed by atoms with van der Waals surface area (Å²) in [6.45, 7) is 9.16. The van der Waals surface area contributed by atoms with Crippen LogP contribution in [-0.2, 0) is 10.2 Å². The number of amides is 1. The van der Waals surface area contributed by atoms with E-state index >= 15 is 0 Å². The van der Waals surface area contributed by atoms with Crippen molar-refractivity contribution in [3.63, 3.8) is 0 Å². The highest BCUT2D eigenvalue weighted by molar-refractivity contribution is 6.00. The molecular weight excluding hydrogens is 292 g/mol. The summed E-state index contributed by atoms with van der Waals surface area (Å²) < 4.78 is 10.3. The minimum Gasteiger partial charge on any atom is -0.383 e. The average molecular weight is 316 g/mol. The number of nitrogens with zero attached hydrogens (tertiary/aromatic N) is 1. The van der Waals surface area contributed by atoms with E-state index in [0.717, 1.165) is 5.56 Å². The van der Waals surface area contributed by atoms with Gasteiger partial charge in [-0.25, -0.2) is 0 Å². The van der Waals surface area contributed by atoms with Crippen LogP contribution in [0.4, 0.5) is 0 Å². The Morgan fingerprint density at radius 3 is 2.48 bits per heavy atom. The van der Waals surface area contributed by atoms with Crippen molar-refractivity contribution in [2.45, 2.75) is 33.1 Å². The summed E-state index contributed by atoms with van der Waals surface area (Å²) in [7, 11) is 1.60. The van der Waals surface area contributed by atoms with Gasteiger partial charge in [-0.3, -0.25) is 4.79 Å². The molecule has 0 fully saturated rings. The Labute approximate surface area is 137 Å². The normalized spacial score (nSPS) is 11.5. The molecule has 1 heterocycles. The summed E-state index contributed by atoms with van der Waals surface area (Å²) in [6.07, 6.45) is 0. The summed E-state index contributed by atoms with van der Waals surface area (Å²) in [6, 6.07) is 8.04. The highest BCUT2D eigenvalue weighted by Gasteiger charge is 2.22. The van der Waals surface area contributed by atoms with Gasteiger partial charge in [0.1, 0.15) is 5.56 Å². The molecule has 0 atom stereocenters. The highest BCUT2D eigenvalue weighted by Crippen LogP contribution is 2.29. The number of aryl methyl sites for hydroxylation is 1. The number of rotatable bonds is 5. The van der Waals surface area contributed by atoms with Crippen LogP contribution in [0.1, 0.15) is 42.4 Å². The first-order valence-electron chi connectivity index (χ1n) is 7.69. The predicted octanol–water partition coefficient (Wildman–Crippen LogP) is 3.32. The van der Waals surface area contributed by atoms with E-state index < -0.39 is 0 Å². The Morgan fingerprint density at radius 2 is 1.91 bits per heavy atom. The van der Waals surface area contributed by atoms with Crippen LogP contribution in [0.3, 0.4) is 0 Å². The number of carbonyl (C=O) groups excluding carboxylic acids is 1. The smallest absolute Gasteiger partial charge is 0.257 e. The number of ether oxygens (including phenoxy) is 1. The molecule has 0 saturated heterocycles. The van der Waals surface area contributed by atoms with Crippen LogP contribution in [-0.4, -0.2) is 31.3 Å². The fraction of sp³-hybridized carbons (Fsp3) is 0.444. The molecule has 1 aromatic heterocycles. The quantitative estimate of drug-likeness (QED) is 0.859. The summed E-state index contributed by atoms with van der Waals surface area (Å²) >= 11 is 0. The van der Waals surface area contributed by atoms with Gasteiger partial charge < -0.3 is 14.6 Å². The van der Waals surface area contributed by atoms with Crippen LogP contribution in [0.2, 0.25) is 0 Å². The molecule has 1 aromatic carbocycles. The molecule has 5 heteroatoms. The van der Waals surface area contributed by atoms with E-state index in [9.17, 15) is 4.79 Å². The molecule has 23 heavy (non-hydrogen) atoms. The van der Waals surface area contributed by atoms with Crippen LogP contribution >= 0.6 is 0 Å². The first-order valence-corrected chi connectivity index (χ1v) is 7.69. The molecule has 0 bridgehead atoms. The number of aromatic nitrogens is 1. The zero-order valence-electron chi connectivity index (χ0n) is 14.4. The van der Waals surface area contributed by atoms with Gasteiger partial charge in [0.25, 0.3) is 5.91 Å². The Balaban J connectivity index is 2.29. The number of hydrogen-bond acceptors (Lipinski definition) is 4. The van der Waals surface area contributed by atoms with Crippen LogP contribution in [0.5, 0.6) is 0 Å². The maximum Gasteiger partial charge on any atom is 0.257 e. The second-order valence-corrected chi connectivity index (χ2v) is 6.55. The van der Waals surface area contributed by atoms with Gasteiger partial charge in [0.2, 0.25) is 0 Å². The fourth-order valence-electron chi connectivity index (χ4n) is 2.31. The summed E-state index contributed by atoms with van der Waals surface area (Å²) in [4.78, 5) is 12.4. The lowest BCUT2D eigenvalue weighted by Crippen LogP contribution is -2.27. The predicted molar refractivity (Wildman–Crippen MR) is 89.6 cm³/mol. The van der Waals surface area contributed by atoms with Gasteiger partial charge in [0.05, 0.1) is 12.3 Å². The van der Waals surface area contributed by atoms with Gasteiger partial charge in [0.15, 0.2) is 5.76 Å². The standard InChI is InChI=1S/C18H24N2O3/c1-12-15(17(21)19-10-11-22-5)16(23-20-12)13-6-8-14(9-7-13)18(2,3)4/h6-9H,10-11H2,1-5H3,(H,19,21). The van der Waals surface area contributed by atoms with E-state index in [4.69, 9.17) is 9.26 Å². The Kier molecular flexibility index (Phi) is 5.21. The molecule has 0 aliphatic rings. The number of nitrogens with one attached hydrogen (secondary N) is 1. The third-order valence-electron chi connectivity index (χ3n) is 3.69.